The number of halogens is 1. The molecule has 0 N–H and O–H groups in total. The van der Waals surface area contributed by atoms with E-state index in [0.717, 1.165) is 0 Å². The first-order valence-electron chi connectivity index (χ1n) is 2.52. The van der Waals surface area contributed by atoms with Crippen LogP contribution < -0.4 is 18.9 Å². The van der Waals surface area contributed by atoms with Gasteiger partial charge in [0.25, 0.3) is 0 Å². The number of benzene rings is 1. The molecular formula is C8H4FLi. The van der Waals surface area contributed by atoms with Gasteiger partial charge in [0.1, 0.15) is 0 Å². The smallest absolute Gasteiger partial charge is 0.366 e. The van der Waals surface area contributed by atoms with Crippen LogP contribution in [0.4, 0.5) is 4.39 Å². The van der Waals surface area contributed by atoms with Gasteiger partial charge in [0.05, 0.1) is 5.82 Å². The van der Waals surface area contributed by atoms with E-state index >= 15 is 0 Å². The molecule has 0 aliphatic heterocycles. The summed E-state index contributed by atoms with van der Waals surface area (Å²) in [7, 11) is 0. The van der Waals surface area contributed by atoms with Crippen molar-refractivity contribution in [2.75, 3.05) is 0 Å². The van der Waals surface area contributed by atoms with Crippen molar-refractivity contribution in [1.29, 1.82) is 0 Å². The largest absolute Gasteiger partial charge is 1.00 e. The minimum absolute atomic E-state index is 0. The molecule has 1 rings (SSSR count). The maximum absolute atomic E-state index is 12.4. The second-order valence-electron chi connectivity index (χ2n) is 1.60. The van der Waals surface area contributed by atoms with Crippen LogP contribution in [-0.4, -0.2) is 0 Å². The summed E-state index contributed by atoms with van der Waals surface area (Å²) in [6.45, 7) is 0. The molecule has 2 heteroatoms. The van der Waals surface area contributed by atoms with Crippen LogP contribution in [-0.2, 0) is 0 Å². The van der Waals surface area contributed by atoms with E-state index in [1.54, 1.807) is 12.1 Å². The fourth-order valence-corrected chi connectivity index (χ4v) is 0.563. The Balaban J connectivity index is 0.000000810. The molecule has 0 aliphatic rings. The zero-order valence-electron chi connectivity index (χ0n) is 5.69. The van der Waals surface area contributed by atoms with Crippen LogP contribution in [0.3, 0.4) is 0 Å². The Kier molecular flexibility index (Phi) is 3.89. The molecule has 0 fully saturated rings. The Hall–Kier alpha value is -0.693. The van der Waals surface area contributed by atoms with Crippen molar-refractivity contribution < 1.29 is 23.3 Å². The molecule has 0 saturated heterocycles. The van der Waals surface area contributed by atoms with E-state index in [9.17, 15) is 4.39 Å². The SMILES string of the molecule is [C-]#Cc1ccccc1F.[Li+]. The van der Waals surface area contributed by atoms with E-state index < -0.39 is 5.82 Å². The van der Waals surface area contributed by atoms with E-state index in [-0.39, 0.29) is 24.4 Å². The Morgan fingerprint density at radius 3 is 2.30 bits per heavy atom. The van der Waals surface area contributed by atoms with Gasteiger partial charge in [0.15, 0.2) is 0 Å². The number of rotatable bonds is 0. The third-order valence-corrected chi connectivity index (χ3v) is 1.01. The van der Waals surface area contributed by atoms with Crippen molar-refractivity contribution in [3.8, 4) is 5.92 Å². The van der Waals surface area contributed by atoms with Crippen LogP contribution in [0, 0.1) is 18.2 Å². The Morgan fingerprint density at radius 1 is 1.30 bits per heavy atom. The fraction of sp³-hybridized carbons (Fsp3) is 0. The van der Waals surface area contributed by atoms with Crippen molar-refractivity contribution in [2.24, 2.45) is 0 Å². The third-order valence-electron chi connectivity index (χ3n) is 1.01. The molecule has 0 spiro atoms. The predicted octanol–water partition coefficient (Wildman–Crippen LogP) is -1.23. The Morgan fingerprint density at radius 2 is 1.90 bits per heavy atom. The molecule has 0 aromatic heterocycles. The van der Waals surface area contributed by atoms with Crippen molar-refractivity contribution in [3.05, 3.63) is 42.1 Å². The van der Waals surface area contributed by atoms with Crippen LogP contribution in [0.5, 0.6) is 0 Å². The van der Waals surface area contributed by atoms with E-state index in [1.807, 2.05) is 5.92 Å². The van der Waals surface area contributed by atoms with E-state index in [1.165, 1.54) is 12.1 Å². The van der Waals surface area contributed by atoms with Gasteiger partial charge in [-0.1, -0.05) is 17.7 Å². The van der Waals surface area contributed by atoms with Crippen LogP contribution in [0.1, 0.15) is 5.56 Å². The zero-order chi connectivity index (χ0) is 6.69. The molecule has 0 atom stereocenters. The first-order valence-corrected chi connectivity index (χ1v) is 2.52. The van der Waals surface area contributed by atoms with Gasteiger partial charge in [-0.05, 0) is 6.07 Å². The molecule has 10 heavy (non-hydrogen) atoms. The molecule has 0 amide bonds. The van der Waals surface area contributed by atoms with Crippen molar-refractivity contribution >= 4 is 0 Å². The van der Waals surface area contributed by atoms with Gasteiger partial charge in [-0.2, -0.15) is 0 Å². The fourth-order valence-electron chi connectivity index (χ4n) is 0.563. The molecular weight excluding hydrogens is 122 g/mol. The second kappa shape index (κ2) is 4.18. The normalized spacial score (nSPS) is 7.60. The van der Waals surface area contributed by atoms with E-state index in [2.05, 4.69) is 0 Å². The number of hydrogen-bond donors (Lipinski definition) is 0. The van der Waals surface area contributed by atoms with E-state index in [0.29, 0.717) is 0 Å². The standard InChI is InChI=1S/C8H4F.Li/c1-2-7-5-3-4-6-8(7)9;/h3-6H;/q-1;+1. The topological polar surface area (TPSA) is 0 Å². The van der Waals surface area contributed by atoms with Gasteiger partial charge in [-0.25, -0.2) is 4.39 Å². The maximum Gasteiger partial charge on any atom is 1.00 e. The summed E-state index contributed by atoms with van der Waals surface area (Å²) in [5.41, 5.74) is 0.206. The summed E-state index contributed by atoms with van der Waals surface area (Å²) in [5.74, 6) is 1.57. The van der Waals surface area contributed by atoms with Crippen molar-refractivity contribution in [3.63, 3.8) is 0 Å². The summed E-state index contributed by atoms with van der Waals surface area (Å²) in [4.78, 5) is 0. The van der Waals surface area contributed by atoms with Gasteiger partial charge in [-0.3, -0.25) is 5.92 Å². The monoisotopic (exact) mass is 126 g/mol. The third kappa shape index (κ3) is 1.92. The van der Waals surface area contributed by atoms with Gasteiger partial charge < -0.3 is 6.42 Å². The van der Waals surface area contributed by atoms with Crippen LogP contribution in [0.2, 0.25) is 0 Å². The zero-order valence-corrected chi connectivity index (χ0v) is 5.69. The Labute approximate surface area is 71.6 Å². The summed E-state index contributed by atoms with van der Waals surface area (Å²) in [6, 6.07) is 6.05. The minimum atomic E-state index is -0.396. The van der Waals surface area contributed by atoms with Crippen molar-refractivity contribution in [2.45, 2.75) is 0 Å². The summed E-state index contributed by atoms with van der Waals surface area (Å²) < 4.78 is 12.4. The molecule has 0 heterocycles. The Bertz CT molecular complexity index is 250. The molecule has 0 aliphatic carbocycles. The first kappa shape index (κ1) is 9.31. The van der Waals surface area contributed by atoms with E-state index in [4.69, 9.17) is 6.42 Å². The molecule has 0 radical (unpaired) electrons. The van der Waals surface area contributed by atoms with Gasteiger partial charge in [0.2, 0.25) is 0 Å². The summed E-state index contributed by atoms with van der Waals surface area (Å²) in [6.07, 6.45) is 6.59. The molecule has 1 aromatic rings. The number of hydrogen-bond acceptors (Lipinski definition) is 0. The summed E-state index contributed by atoms with van der Waals surface area (Å²) in [5, 5.41) is 0. The van der Waals surface area contributed by atoms with Crippen LogP contribution in [0.25, 0.3) is 0 Å². The second-order valence-corrected chi connectivity index (χ2v) is 1.60. The summed E-state index contributed by atoms with van der Waals surface area (Å²) >= 11 is 0. The predicted molar refractivity (Wildman–Crippen MR) is 32.6 cm³/mol. The van der Waals surface area contributed by atoms with Crippen LogP contribution in [0.15, 0.2) is 24.3 Å². The molecule has 1 aromatic carbocycles. The van der Waals surface area contributed by atoms with Crippen LogP contribution >= 0.6 is 0 Å². The van der Waals surface area contributed by atoms with Crippen molar-refractivity contribution in [1.82, 2.24) is 0 Å². The molecule has 0 saturated carbocycles. The molecule has 0 unspecified atom stereocenters. The van der Waals surface area contributed by atoms with Gasteiger partial charge in [-0.15, -0.1) is 6.07 Å². The quantitative estimate of drug-likeness (QED) is 0.232. The maximum atomic E-state index is 12.4. The molecule has 0 bridgehead atoms. The first-order chi connectivity index (χ1) is 4.34. The van der Waals surface area contributed by atoms with Gasteiger partial charge in [0, 0.05) is 0 Å². The van der Waals surface area contributed by atoms with Gasteiger partial charge >= 0.3 is 18.9 Å². The minimum Gasteiger partial charge on any atom is -0.366 e. The average molecular weight is 126 g/mol. The molecule has 44 valence electrons. The average Bonchev–Trinajstić information content (AvgIpc) is 1.89. The molecule has 0 nitrogen and oxygen atoms in total.